The van der Waals surface area contributed by atoms with Gasteiger partial charge >= 0.3 is 0 Å². The zero-order chi connectivity index (χ0) is 15.6. The van der Waals surface area contributed by atoms with Crippen LogP contribution in [-0.4, -0.2) is 44.1 Å². The molecule has 116 valence electrons. The number of nitrogens with two attached hydrogens (primary N) is 1. The second-order valence-corrected chi connectivity index (χ2v) is 7.58. The van der Waals surface area contributed by atoms with Crippen molar-refractivity contribution in [3.63, 3.8) is 0 Å². The molecule has 1 aliphatic heterocycles. The Balaban J connectivity index is 2.16. The average molecular weight is 314 g/mol. The quantitative estimate of drug-likeness (QED) is 0.834. The molecule has 1 fully saturated rings. The monoisotopic (exact) mass is 314 g/mol. The average Bonchev–Trinajstić information content (AvgIpc) is 2.95. The Bertz CT molecular complexity index is 616. The zero-order valence-corrected chi connectivity index (χ0v) is 12.6. The Kier molecular flexibility index (Phi) is 4.63. The first-order valence-electron chi connectivity index (χ1n) is 6.84. The number of carbonyl (C=O) groups is 1. The minimum Gasteiger partial charge on any atom is -0.341 e. The van der Waals surface area contributed by atoms with E-state index in [2.05, 4.69) is 0 Å². The second-order valence-electron chi connectivity index (χ2n) is 5.32. The zero-order valence-electron chi connectivity index (χ0n) is 11.8. The van der Waals surface area contributed by atoms with Gasteiger partial charge < -0.3 is 10.6 Å². The molecule has 2 N–H and O–H groups in total. The first-order chi connectivity index (χ1) is 9.86. The largest absolute Gasteiger partial charge is 0.341 e. The van der Waals surface area contributed by atoms with Crippen LogP contribution in [0.3, 0.4) is 0 Å². The van der Waals surface area contributed by atoms with Crippen molar-refractivity contribution in [3.05, 3.63) is 30.1 Å². The van der Waals surface area contributed by atoms with Crippen LogP contribution in [-0.2, 0) is 14.6 Å². The van der Waals surface area contributed by atoms with Gasteiger partial charge in [0.25, 0.3) is 0 Å². The molecule has 1 aromatic rings. The molecule has 7 heteroatoms. The molecule has 2 unspecified atom stereocenters. The number of benzene rings is 1. The lowest BCUT2D eigenvalue weighted by atomic mass is 10.1. The number of halogens is 1. The highest BCUT2D eigenvalue weighted by molar-refractivity contribution is 7.92. The van der Waals surface area contributed by atoms with Gasteiger partial charge in [0.05, 0.1) is 4.90 Å². The molecule has 0 aliphatic carbocycles. The number of amides is 1. The van der Waals surface area contributed by atoms with E-state index in [9.17, 15) is 17.6 Å². The number of hydrogen-bond acceptors (Lipinski definition) is 4. The van der Waals surface area contributed by atoms with Crippen LogP contribution in [0.4, 0.5) is 4.39 Å². The van der Waals surface area contributed by atoms with Gasteiger partial charge in [0.1, 0.15) is 11.1 Å². The SMILES string of the molecule is CC(C(=O)N1CCC(CN)C1)S(=O)(=O)c1ccc(F)cc1. The molecule has 5 nitrogen and oxygen atoms in total. The van der Waals surface area contributed by atoms with Gasteiger partial charge in [-0.15, -0.1) is 0 Å². The molecular weight excluding hydrogens is 295 g/mol. The van der Waals surface area contributed by atoms with E-state index in [-0.39, 0.29) is 10.8 Å². The standard InChI is InChI=1S/C14H19FN2O3S/c1-10(14(18)17-7-6-11(8-16)9-17)21(19,20)13-4-2-12(15)3-5-13/h2-5,10-11H,6-9,16H2,1H3. The molecule has 1 saturated heterocycles. The van der Waals surface area contributed by atoms with Crippen molar-refractivity contribution in [1.82, 2.24) is 4.90 Å². The number of rotatable bonds is 4. The van der Waals surface area contributed by atoms with Gasteiger partial charge in [-0.25, -0.2) is 12.8 Å². The van der Waals surface area contributed by atoms with Crippen LogP contribution in [0.5, 0.6) is 0 Å². The molecule has 0 aromatic heterocycles. The second kappa shape index (κ2) is 6.11. The maximum Gasteiger partial charge on any atom is 0.241 e. The minimum absolute atomic E-state index is 0.0423. The summed E-state index contributed by atoms with van der Waals surface area (Å²) in [5, 5.41) is -1.18. The van der Waals surface area contributed by atoms with Gasteiger partial charge in [0.2, 0.25) is 5.91 Å². The molecule has 0 spiro atoms. The highest BCUT2D eigenvalue weighted by Gasteiger charge is 2.35. The normalized spacial score (nSPS) is 20.5. The molecule has 1 heterocycles. The van der Waals surface area contributed by atoms with E-state index in [1.807, 2.05) is 0 Å². The van der Waals surface area contributed by atoms with E-state index >= 15 is 0 Å². The highest BCUT2D eigenvalue weighted by Crippen LogP contribution is 2.21. The van der Waals surface area contributed by atoms with E-state index < -0.39 is 26.8 Å². The topological polar surface area (TPSA) is 80.5 Å². The van der Waals surface area contributed by atoms with E-state index in [0.717, 1.165) is 18.6 Å². The van der Waals surface area contributed by atoms with E-state index in [0.29, 0.717) is 19.6 Å². The molecule has 0 saturated carbocycles. The summed E-state index contributed by atoms with van der Waals surface area (Å²) in [6, 6.07) is 4.51. The van der Waals surface area contributed by atoms with Crippen LogP contribution in [0.1, 0.15) is 13.3 Å². The molecule has 2 atom stereocenters. The predicted octanol–water partition coefficient (Wildman–Crippen LogP) is 0.795. The third-order valence-corrected chi connectivity index (χ3v) is 5.95. The summed E-state index contributed by atoms with van der Waals surface area (Å²) in [5.74, 6) is -0.705. The van der Waals surface area contributed by atoms with E-state index in [1.165, 1.54) is 19.1 Å². The van der Waals surface area contributed by atoms with Gasteiger partial charge in [-0.05, 0) is 50.1 Å². The maximum absolute atomic E-state index is 12.9. The summed E-state index contributed by atoms with van der Waals surface area (Å²) >= 11 is 0. The summed E-state index contributed by atoms with van der Waals surface area (Å²) < 4.78 is 37.7. The molecule has 0 bridgehead atoms. The summed E-state index contributed by atoms with van der Waals surface area (Å²) in [5.41, 5.74) is 5.57. The van der Waals surface area contributed by atoms with E-state index in [1.54, 1.807) is 4.90 Å². The van der Waals surface area contributed by atoms with Gasteiger partial charge in [-0.1, -0.05) is 0 Å². The third kappa shape index (κ3) is 3.24. The van der Waals surface area contributed by atoms with Crippen LogP contribution < -0.4 is 5.73 Å². The van der Waals surface area contributed by atoms with Crippen molar-refractivity contribution in [1.29, 1.82) is 0 Å². The Hall–Kier alpha value is -1.47. The molecule has 1 aliphatic rings. The van der Waals surface area contributed by atoms with Crippen molar-refractivity contribution in [2.24, 2.45) is 11.7 Å². The Morgan fingerprint density at radius 3 is 2.57 bits per heavy atom. The fourth-order valence-electron chi connectivity index (χ4n) is 2.44. The number of nitrogens with zero attached hydrogens (tertiary/aromatic N) is 1. The Labute approximate surface area is 123 Å². The van der Waals surface area contributed by atoms with Crippen LogP contribution in [0.25, 0.3) is 0 Å². The van der Waals surface area contributed by atoms with Gasteiger partial charge in [0.15, 0.2) is 9.84 Å². The van der Waals surface area contributed by atoms with Crippen molar-refractivity contribution < 1.29 is 17.6 Å². The smallest absolute Gasteiger partial charge is 0.241 e. The molecule has 1 aromatic carbocycles. The minimum atomic E-state index is -3.81. The van der Waals surface area contributed by atoms with Crippen LogP contribution in [0.15, 0.2) is 29.2 Å². The van der Waals surface area contributed by atoms with Gasteiger partial charge in [-0.3, -0.25) is 4.79 Å². The van der Waals surface area contributed by atoms with Crippen molar-refractivity contribution in [3.8, 4) is 0 Å². The number of sulfone groups is 1. The molecule has 21 heavy (non-hydrogen) atoms. The summed E-state index contributed by atoms with van der Waals surface area (Å²) in [4.78, 5) is 13.8. The van der Waals surface area contributed by atoms with Crippen molar-refractivity contribution in [2.45, 2.75) is 23.5 Å². The number of likely N-dealkylation sites (tertiary alicyclic amines) is 1. The Morgan fingerprint density at radius 1 is 1.43 bits per heavy atom. The lowest BCUT2D eigenvalue weighted by Crippen LogP contribution is -2.40. The van der Waals surface area contributed by atoms with Crippen molar-refractivity contribution >= 4 is 15.7 Å². The lowest BCUT2D eigenvalue weighted by Gasteiger charge is -2.21. The summed E-state index contributed by atoms with van der Waals surface area (Å²) in [7, 11) is -3.81. The van der Waals surface area contributed by atoms with Crippen molar-refractivity contribution in [2.75, 3.05) is 19.6 Å². The fraction of sp³-hybridized carbons (Fsp3) is 0.500. The molecule has 2 rings (SSSR count). The van der Waals surface area contributed by atoms with Gasteiger partial charge in [-0.2, -0.15) is 0 Å². The lowest BCUT2D eigenvalue weighted by molar-refractivity contribution is -0.129. The number of hydrogen-bond donors (Lipinski definition) is 1. The van der Waals surface area contributed by atoms with Crippen LogP contribution in [0.2, 0.25) is 0 Å². The fourth-order valence-corrected chi connectivity index (χ4v) is 3.78. The third-order valence-electron chi connectivity index (χ3n) is 3.89. The summed E-state index contributed by atoms with van der Waals surface area (Å²) in [6.45, 7) is 2.89. The highest BCUT2D eigenvalue weighted by atomic mass is 32.2. The summed E-state index contributed by atoms with van der Waals surface area (Å²) in [6.07, 6.45) is 0.797. The Morgan fingerprint density at radius 2 is 2.05 bits per heavy atom. The predicted molar refractivity (Wildman–Crippen MR) is 76.8 cm³/mol. The van der Waals surface area contributed by atoms with Crippen LogP contribution >= 0.6 is 0 Å². The van der Waals surface area contributed by atoms with Gasteiger partial charge in [0, 0.05) is 13.1 Å². The van der Waals surface area contributed by atoms with Crippen LogP contribution in [0, 0.1) is 11.7 Å². The first kappa shape index (κ1) is 15.9. The molecule has 1 amide bonds. The number of carbonyl (C=O) groups excluding carboxylic acids is 1. The molecular formula is C14H19FN2O3S. The van der Waals surface area contributed by atoms with E-state index in [4.69, 9.17) is 5.73 Å². The first-order valence-corrected chi connectivity index (χ1v) is 8.39. The maximum atomic E-state index is 12.9. The molecule has 0 radical (unpaired) electrons.